The summed E-state index contributed by atoms with van der Waals surface area (Å²) in [6, 6.07) is 25.9. The van der Waals surface area contributed by atoms with Crippen LogP contribution in [-0.4, -0.2) is 26.9 Å². The number of ether oxygens (including phenoxy) is 1. The summed E-state index contributed by atoms with van der Waals surface area (Å²) in [6.45, 7) is -0.464. The fourth-order valence-electron chi connectivity index (χ4n) is 3.16. The summed E-state index contributed by atoms with van der Waals surface area (Å²) in [5, 5.41) is 4.44. The molecule has 0 aliphatic heterocycles. The van der Waals surface area contributed by atoms with Crippen molar-refractivity contribution >= 4 is 44.6 Å². The van der Waals surface area contributed by atoms with E-state index in [1.165, 1.54) is 30.3 Å². The number of hydrogen-bond donors (Lipinski definition) is 2. The number of thiophene rings is 1. The number of benzene rings is 3. The maximum absolute atomic E-state index is 12.4. The molecule has 1 aromatic heterocycles. The molecule has 2 N–H and O–H groups in total. The van der Waals surface area contributed by atoms with E-state index in [2.05, 4.69) is 10.0 Å². The molecule has 0 saturated carbocycles. The Kier molecular flexibility index (Phi) is 7.05. The Bertz CT molecular complexity index is 1390. The third-order valence-corrected chi connectivity index (χ3v) is 7.53. The Morgan fingerprint density at radius 3 is 2.24 bits per heavy atom. The number of nitrogens with one attached hydrogen (secondary N) is 2. The zero-order chi connectivity index (χ0) is 24.0. The van der Waals surface area contributed by atoms with Crippen LogP contribution >= 0.6 is 11.3 Å². The number of esters is 1. The van der Waals surface area contributed by atoms with Gasteiger partial charge in [-0.05, 0) is 47.3 Å². The molecule has 0 aliphatic rings. The van der Waals surface area contributed by atoms with Crippen molar-refractivity contribution in [1.29, 1.82) is 0 Å². The van der Waals surface area contributed by atoms with Gasteiger partial charge in [0.25, 0.3) is 15.9 Å². The predicted octanol–water partition coefficient (Wildman–Crippen LogP) is 5.01. The summed E-state index contributed by atoms with van der Waals surface area (Å²) in [4.78, 5) is 24.7. The van der Waals surface area contributed by atoms with E-state index in [1.807, 2.05) is 48.5 Å². The highest BCUT2D eigenvalue weighted by Crippen LogP contribution is 2.27. The minimum Gasteiger partial charge on any atom is -0.452 e. The van der Waals surface area contributed by atoms with E-state index in [-0.39, 0.29) is 9.77 Å². The summed E-state index contributed by atoms with van der Waals surface area (Å²) < 4.78 is 32.3. The van der Waals surface area contributed by atoms with E-state index in [0.717, 1.165) is 22.5 Å². The Labute approximate surface area is 201 Å². The molecule has 0 atom stereocenters. The quantitative estimate of drug-likeness (QED) is 0.337. The average molecular weight is 493 g/mol. The number of carbonyl (C=O) groups excluding carboxylic acids is 2. The van der Waals surface area contributed by atoms with E-state index in [9.17, 15) is 18.0 Å². The molecule has 0 bridgehead atoms. The van der Waals surface area contributed by atoms with Crippen molar-refractivity contribution in [3.63, 3.8) is 0 Å². The molecule has 4 aromatic rings. The molecule has 7 nitrogen and oxygen atoms in total. The van der Waals surface area contributed by atoms with Gasteiger partial charge < -0.3 is 10.1 Å². The predicted molar refractivity (Wildman–Crippen MR) is 132 cm³/mol. The van der Waals surface area contributed by atoms with Crippen molar-refractivity contribution in [2.45, 2.75) is 4.21 Å². The zero-order valence-corrected chi connectivity index (χ0v) is 19.4. The number of carbonyl (C=O) groups is 2. The molecule has 0 fully saturated rings. The fraction of sp³-hybridized carbons (Fsp3) is 0.0400. The number of rotatable bonds is 8. The van der Waals surface area contributed by atoms with Gasteiger partial charge in [0.1, 0.15) is 4.21 Å². The first-order valence-corrected chi connectivity index (χ1v) is 12.6. The lowest BCUT2D eigenvalue weighted by molar-refractivity contribution is -0.119. The first-order valence-electron chi connectivity index (χ1n) is 10.2. The van der Waals surface area contributed by atoms with Crippen molar-refractivity contribution in [2.75, 3.05) is 16.6 Å². The Morgan fingerprint density at radius 2 is 1.53 bits per heavy atom. The van der Waals surface area contributed by atoms with Gasteiger partial charge in [-0.15, -0.1) is 11.3 Å². The second-order valence-corrected chi connectivity index (χ2v) is 10.0. The summed E-state index contributed by atoms with van der Waals surface area (Å²) in [5.74, 6) is -1.17. The van der Waals surface area contributed by atoms with Gasteiger partial charge in [-0.1, -0.05) is 54.6 Å². The highest BCUT2D eigenvalue weighted by Gasteiger charge is 2.16. The van der Waals surface area contributed by atoms with E-state index >= 15 is 0 Å². The van der Waals surface area contributed by atoms with Crippen molar-refractivity contribution in [3.8, 4) is 11.1 Å². The Morgan fingerprint density at radius 1 is 0.824 bits per heavy atom. The summed E-state index contributed by atoms with van der Waals surface area (Å²) in [7, 11) is -3.68. The first kappa shape index (κ1) is 23.2. The largest absolute Gasteiger partial charge is 0.452 e. The van der Waals surface area contributed by atoms with Crippen LogP contribution in [0.3, 0.4) is 0 Å². The van der Waals surface area contributed by atoms with Crippen molar-refractivity contribution < 1.29 is 22.7 Å². The molecule has 0 spiro atoms. The van der Waals surface area contributed by atoms with E-state index < -0.39 is 28.5 Å². The molecule has 0 aliphatic carbocycles. The van der Waals surface area contributed by atoms with E-state index in [0.29, 0.717) is 11.4 Å². The maximum atomic E-state index is 12.4. The van der Waals surface area contributed by atoms with Gasteiger partial charge in [0.2, 0.25) is 0 Å². The summed E-state index contributed by atoms with van der Waals surface area (Å²) >= 11 is 1.10. The minimum absolute atomic E-state index is 0.191. The third-order valence-electron chi connectivity index (χ3n) is 4.75. The summed E-state index contributed by atoms with van der Waals surface area (Å²) in [6.07, 6.45) is 0. The highest BCUT2D eigenvalue weighted by molar-refractivity contribution is 7.94. The molecular formula is C25H20N2O5S2. The fourth-order valence-corrected chi connectivity index (χ4v) is 5.21. The molecule has 3 aromatic carbocycles. The lowest BCUT2D eigenvalue weighted by atomic mass is 10.0. The van der Waals surface area contributed by atoms with Crippen molar-refractivity contribution in [3.05, 3.63) is 102 Å². The van der Waals surface area contributed by atoms with Crippen LogP contribution in [-0.2, 0) is 19.6 Å². The van der Waals surface area contributed by atoms with Crippen molar-refractivity contribution in [2.24, 2.45) is 0 Å². The van der Waals surface area contributed by atoms with E-state index in [4.69, 9.17) is 4.74 Å². The SMILES string of the molecule is O=C(COC(=O)c1ccc(NS(=O)(=O)c2cccs2)cc1)Nc1ccccc1-c1ccccc1. The van der Waals surface area contributed by atoms with Crippen LogP contribution in [0.2, 0.25) is 0 Å². The van der Waals surface area contributed by atoms with Crippen LogP contribution in [0, 0.1) is 0 Å². The topological polar surface area (TPSA) is 102 Å². The van der Waals surface area contributed by atoms with E-state index in [1.54, 1.807) is 17.5 Å². The Balaban J connectivity index is 1.34. The van der Waals surface area contributed by atoms with Crippen LogP contribution in [0.5, 0.6) is 0 Å². The number of sulfonamides is 1. The third kappa shape index (κ3) is 5.69. The molecule has 0 saturated heterocycles. The van der Waals surface area contributed by atoms with Gasteiger partial charge in [-0.25, -0.2) is 13.2 Å². The smallest absolute Gasteiger partial charge is 0.338 e. The maximum Gasteiger partial charge on any atom is 0.338 e. The van der Waals surface area contributed by atoms with Gasteiger partial charge >= 0.3 is 5.97 Å². The highest BCUT2D eigenvalue weighted by atomic mass is 32.2. The van der Waals surface area contributed by atoms with Gasteiger partial charge in [0.05, 0.1) is 5.56 Å². The van der Waals surface area contributed by atoms with Crippen LogP contribution in [0.25, 0.3) is 11.1 Å². The van der Waals surface area contributed by atoms with Gasteiger partial charge in [0.15, 0.2) is 6.61 Å². The van der Waals surface area contributed by atoms with Crippen LogP contribution in [0.1, 0.15) is 10.4 Å². The second-order valence-electron chi connectivity index (χ2n) is 7.15. The second kappa shape index (κ2) is 10.3. The van der Waals surface area contributed by atoms with Gasteiger partial charge in [-0.3, -0.25) is 9.52 Å². The monoisotopic (exact) mass is 492 g/mol. The molecule has 4 rings (SSSR count). The van der Waals surface area contributed by atoms with Gasteiger partial charge in [-0.2, -0.15) is 0 Å². The molecule has 0 unspecified atom stereocenters. The lowest BCUT2D eigenvalue weighted by Crippen LogP contribution is -2.21. The Hall–Kier alpha value is -3.95. The molecule has 0 radical (unpaired) electrons. The molecular weight excluding hydrogens is 472 g/mol. The summed E-state index contributed by atoms with van der Waals surface area (Å²) in [5.41, 5.74) is 2.91. The molecule has 1 heterocycles. The molecule has 34 heavy (non-hydrogen) atoms. The number of amides is 1. The number of para-hydroxylation sites is 1. The van der Waals surface area contributed by atoms with Crippen LogP contribution in [0.4, 0.5) is 11.4 Å². The van der Waals surface area contributed by atoms with Crippen LogP contribution in [0.15, 0.2) is 101 Å². The first-order chi connectivity index (χ1) is 16.4. The van der Waals surface area contributed by atoms with Crippen LogP contribution < -0.4 is 10.0 Å². The minimum atomic E-state index is -3.68. The van der Waals surface area contributed by atoms with Gasteiger partial charge in [0, 0.05) is 16.9 Å². The standard InChI is InChI=1S/C25H20N2O5S2/c28-23(26-22-10-5-4-9-21(22)18-7-2-1-3-8-18)17-32-25(29)19-12-14-20(15-13-19)27-34(30,31)24-11-6-16-33-24/h1-16,27H,17H2,(H,26,28). The van der Waals surface area contributed by atoms with Crippen molar-refractivity contribution in [1.82, 2.24) is 0 Å². The molecule has 1 amide bonds. The number of anilines is 2. The average Bonchev–Trinajstić information content (AvgIpc) is 3.40. The normalized spacial score (nSPS) is 10.9. The lowest BCUT2D eigenvalue weighted by Gasteiger charge is -2.12. The number of hydrogen-bond acceptors (Lipinski definition) is 6. The molecule has 172 valence electrons. The molecule has 9 heteroatoms. The zero-order valence-electron chi connectivity index (χ0n) is 17.8.